The molecule has 2 heterocycles. The minimum atomic E-state index is 0.619. The van der Waals surface area contributed by atoms with Crippen molar-refractivity contribution in [1.29, 1.82) is 0 Å². The maximum atomic E-state index is 5.43. The van der Waals surface area contributed by atoms with Gasteiger partial charge in [0.2, 0.25) is 0 Å². The largest absolute Gasteiger partial charge is 0.339 e. The Balaban J connectivity index is 2.04. The lowest BCUT2D eigenvalue weighted by molar-refractivity contribution is 0.886. The van der Waals surface area contributed by atoms with Gasteiger partial charge >= 0.3 is 0 Å². The second-order valence-electron chi connectivity index (χ2n) is 2.91. The van der Waals surface area contributed by atoms with E-state index in [2.05, 4.69) is 19.9 Å². The molecule has 5 nitrogen and oxygen atoms in total. The molecule has 0 bridgehead atoms. The van der Waals surface area contributed by atoms with E-state index in [9.17, 15) is 0 Å². The van der Waals surface area contributed by atoms with Crippen LogP contribution in [0.5, 0.6) is 0 Å². The van der Waals surface area contributed by atoms with Crippen molar-refractivity contribution in [2.24, 2.45) is 5.73 Å². The maximum absolute atomic E-state index is 5.43. The Labute approximate surface area is 91.5 Å². The molecule has 0 amide bonds. The molecule has 2 rings (SSSR count). The number of H-pyrrole nitrogens is 1. The molecule has 0 aromatic carbocycles. The van der Waals surface area contributed by atoms with Crippen molar-refractivity contribution in [3.8, 4) is 0 Å². The lowest BCUT2D eigenvalue weighted by Gasteiger charge is -1.98. The van der Waals surface area contributed by atoms with E-state index in [1.54, 1.807) is 24.8 Å². The normalized spacial score (nSPS) is 10.5. The van der Waals surface area contributed by atoms with E-state index in [4.69, 9.17) is 5.73 Å². The van der Waals surface area contributed by atoms with Crippen LogP contribution in [0, 0.1) is 0 Å². The average molecular weight is 221 g/mol. The predicted octanol–water partition coefficient (Wildman–Crippen LogP) is 0.852. The van der Waals surface area contributed by atoms with Gasteiger partial charge in [-0.2, -0.15) is 0 Å². The molecule has 0 unspecified atom stereocenters. The fraction of sp³-hybridized carbons (Fsp3) is 0.222. The van der Waals surface area contributed by atoms with Crippen molar-refractivity contribution in [3.05, 3.63) is 30.4 Å². The fourth-order valence-electron chi connectivity index (χ4n) is 1.08. The molecular weight excluding hydrogens is 210 g/mol. The van der Waals surface area contributed by atoms with Gasteiger partial charge in [-0.05, 0) is 30.3 Å². The molecule has 0 radical (unpaired) electrons. The molecule has 2 aromatic heterocycles. The lowest BCUT2D eigenvalue weighted by atomic mass is 10.2. The van der Waals surface area contributed by atoms with Crippen molar-refractivity contribution >= 4 is 11.8 Å². The zero-order chi connectivity index (χ0) is 10.5. The van der Waals surface area contributed by atoms with Gasteiger partial charge in [0.1, 0.15) is 0 Å². The minimum Gasteiger partial charge on any atom is -0.339 e. The molecule has 0 saturated carbocycles. The first-order valence-electron chi connectivity index (χ1n) is 4.56. The number of hydrogen-bond acceptors (Lipinski definition) is 5. The highest BCUT2D eigenvalue weighted by atomic mass is 32.2. The Morgan fingerprint density at radius 3 is 2.67 bits per heavy atom. The van der Waals surface area contributed by atoms with Gasteiger partial charge in [-0.25, -0.2) is 15.0 Å². The van der Waals surface area contributed by atoms with E-state index in [-0.39, 0.29) is 0 Å². The standard InChI is InChI=1S/C9H11N5S/c10-2-1-7-5-13-9(14-6-7)15-8-11-3-4-12-8/h3-6H,1-2,10H2,(H,11,12). The van der Waals surface area contributed by atoms with Crippen molar-refractivity contribution in [3.63, 3.8) is 0 Å². The monoisotopic (exact) mass is 221 g/mol. The van der Waals surface area contributed by atoms with E-state index < -0.39 is 0 Å². The first kappa shape index (κ1) is 10.1. The summed E-state index contributed by atoms with van der Waals surface area (Å²) in [5.74, 6) is 0. The third-order valence-electron chi connectivity index (χ3n) is 1.78. The van der Waals surface area contributed by atoms with Crippen molar-refractivity contribution in [2.75, 3.05) is 6.54 Å². The molecule has 3 N–H and O–H groups in total. The van der Waals surface area contributed by atoms with E-state index in [0.717, 1.165) is 17.1 Å². The van der Waals surface area contributed by atoms with Crippen LogP contribution in [-0.2, 0) is 6.42 Å². The fourth-order valence-corrected chi connectivity index (χ4v) is 1.71. The summed E-state index contributed by atoms with van der Waals surface area (Å²) in [5.41, 5.74) is 6.49. The average Bonchev–Trinajstić information content (AvgIpc) is 2.74. The van der Waals surface area contributed by atoms with Crippen molar-refractivity contribution in [2.45, 2.75) is 16.7 Å². The van der Waals surface area contributed by atoms with Crippen LogP contribution in [0.15, 0.2) is 35.1 Å². The SMILES string of the molecule is NCCc1cnc(Sc2ncc[nH]2)nc1. The molecule has 0 saturated heterocycles. The second kappa shape index (κ2) is 4.90. The zero-order valence-corrected chi connectivity index (χ0v) is 8.87. The molecule has 0 aliphatic heterocycles. The third kappa shape index (κ3) is 2.77. The Hall–Kier alpha value is -1.40. The number of nitrogens with zero attached hydrogens (tertiary/aromatic N) is 3. The summed E-state index contributed by atoms with van der Waals surface area (Å²) in [7, 11) is 0. The molecule has 6 heteroatoms. The summed E-state index contributed by atoms with van der Waals surface area (Å²) in [6, 6.07) is 0. The van der Waals surface area contributed by atoms with E-state index >= 15 is 0 Å². The highest BCUT2D eigenvalue weighted by Crippen LogP contribution is 2.19. The highest BCUT2D eigenvalue weighted by molar-refractivity contribution is 7.99. The Kier molecular flexibility index (Phi) is 3.31. The predicted molar refractivity (Wildman–Crippen MR) is 57.5 cm³/mol. The van der Waals surface area contributed by atoms with Crippen LogP contribution in [-0.4, -0.2) is 26.5 Å². The Morgan fingerprint density at radius 1 is 1.27 bits per heavy atom. The molecule has 0 atom stereocenters. The zero-order valence-electron chi connectivity index (χ0n) is 8.05. The van der Waals surface area contributed by atoms with Crippen LogP contribution in [0.4, 0.5) is 0 Å². The van der Waals surface area contributed by atoms with Gasteiger partial charge < -0.3 is 10.7 Å². The number of imidazole rings is 1. The highest BCUT2D eigenvalue weighted by Gasteiger charge is 2.01. The first-order valence-corrected chi connectivity index (χ1v) is 5.38. The molecular formula is C9H11N5S. The van der Waals surface area contributed by atoms with Gasteiger partial charge in [0.05, 0.1) is 0 Å². The second-order valence-corrected chi connectivity index (χ2v) is 3.86. The third-order valence-corrected chi connectivity index (χ3v) is 2.59. The number of nitrogens with two attached hydrogens (primary N) is 1. The van der Waals surface area contributed by atoms with Gasteiger partial charge in [0, 0.05) is 24.8 Å². The molecule has 0 aliphatic rings. The van der Waals surface area contributed by atoms with Crippen molar-refractivity contribution in [1.82, 2.24) is 19.9 Å². The molecule has 0 spiro atoms. The summed E-state index contributed by atoms with van der Waals surface area (Å²) >= 11 is 1.40. The van der Waals surface area contributed by atoms with Crippen molar-refractivity contribution < 1.29 is 0 Å². The lowest BCUT2D eigenvalue weighted by Crippen LogP contribution is -2.03. The van der Waals surface area contributed by atoms with Crippen LogP contribution >= 0.6 is 11.8 Å². The van der Waals surface area contributed by atoms with E-state index in [1.165, 1.54) is 11.8 Å². The topological polar surface area (TPSA) is 80.5 Å². The molecule has 78 valence electrons. The van der Waals surface area contributed by atoms with Crippen LogP contribution in [0.3, 0.4) is 0 Å². The number of aromatic amines is 1. The van der Waals surface area contributed by atoms with Crippen LogP contribution in [0.2, 0.25) is 0 Å². The summed E-state index contributed by atoms with van der Waals surface area (Å²) < 4.78 is 0. The smallest absolute Gasteiger partial charge is 0.195 e. The van der Waals surface area contributed by atoms with Gasteiger partial charge in [0.15, 0.2) is 10.3 Å². The molecule has 15 heavy (non-hydrogen) atoms. The van der Waals surface area contributed by atoms with Crippen LogP contribution < -0.4 is 5.73 Å². The Bertz CT molecular complexity index is 397. The van der Waals surface area contributed by atoms with Crippen LogP contribution in [0.25, 0.3) is 0 Å². The molecule has 0 fully saturated rings. The number of aromatic nitrogens is 4. The molecule has 0 aliphatic carbocycles. The first-order chi connectivity index (χ1) is 7.38. The van der Waals surface area contributed by atoms with Crippen LogP contribution in [0.1, 0.15) is 5.56 Å². The van der Waals surface area contributed by atoms with Gasteiger partial charge in [-0.15, -0.1) is 0 Å². The number of hydrogen-bond donors (Lipinski definition) is 2. The molecule has 2 aromatic rings. The van der Waals surface area contributed by atoms with E-state index in [1.807, 2.05) is 0 Å². The Morgan fingerprint density at radius 2 is 2.07 bits per heavy atom. The van der Waals surface area contributed by atoms with E-state index in [0.29, 0.717) is 11.7 Å². The number of nitrogens with one attached hydrogen (secondary N) is 1. The summed E-state index contributed by atoms with van der Waals surface area (Å²) in [4.78, 5) is 15.5. The maximum Gasteiger partial charge on any atom is 0.195 e. The van der Waals surface area contributed by atoms with Gasteiger partial charge in [-0.3, -0.25) is 0 Å². The quantitative estimate of drug-likeness (QED) is 0.748. The summed E-state index contributed by atoms with van der Waals surface area (Å²) in [6.45, 7) is 0.619. The summed E-state index contributed by atoms with van der Waals surface area (Å²) in [6.07, 6.45) is 7.87. The minimum absolute atomic E-state index is 0.619. The number of rotatable bonds is 4. The van der Waals surface area contributed by atoms with Gasteiger partial charge in [-0.1, -0.05) is 0 Å². The summed E-state index contributed by atoms with van der Waals surface area (Å²) in [5, 5.41) is 1.48. The van der Waals surface area contributed by atoms with Gasteiger partial charge in [0.25, 0.3) is 0 Å².